The van der Waals surface area contributed by atoms with Gasteiger partial charge in [0.2, 0.25) is 0 Å². The molecule has 0 N–H and O–H groups in total. The Kier molecular flexibility index (Phi) is 4.83. The molecule has 0 aromatic heterocycles. The average molecular weight is 263 g/mol. The van der Waals surface area contributed by atoms with Gasteiger partial charge in [0, 0.05) is 25.8 Å². The van der Waals surface area contributed by atoms with E-state index in [0.29, 0.717) is 6.04 Å². The fraction of sp³-hybridized carbons (Fsp3) is 0.625. The van der Waals surface area contributed by atoms with Crippen molar-refractivity contribution in [3.8, 4) is 5.75 Å². The Morgan fingerprint density at radius 3 is 2.53 bits per heavy atom. The molecule has 106 valence electrons. The third-order valence-corrected chi connectivity index (χ3v) is 4.09. The highest BCUT2D eigenvalue weighted by atomic mass is 16.5. The van der Waals surface area contributed by atoms with Crippen molar-refractivity contribution in [2.45, 2.75) is 39.3 Å². The van der Waals surface area contributed by atoms with Crippen LogP contribution in [0.1, 0.15) is 29.5 Å². The molecule has 0 unspecified atom stereocenters. The van der Waals surface area contributed by atoms with Crippen LogP contribution in [-0.2, 0) is 11.3 Å². The number of aryl methyl sites for hydroxylation is 2. The van der Waals surface area contributed by atoms with Crippen molar-refractivity contribution in [2.24, 2.45) is 0 Å². The number of hydrogen-bond acceptors (Lipinski definition) is 3. The lowest BCUT2D eigenvalue weighted by molar-refractivity contribution is 0.0406. The molecule has 1 aromatic rings. The normalized spacial score (nSPS) is 16.9. The number of benzene rings is 1. The van der Waals surface area contributed by atoms with Gasteiger partial charge < -0.3 is 9.47 Å². The van der Waals surface area contributed by atoms with E-state index in [1.54, 1.807) is 7.11 Å². The minimum Gasteiger partial charge on any atom is -0.496 e. The molecule has 1 heterocycles. The maximum atomic E-state index is 5.43. The van der Waals surface area contributed by atoms with Gasteiger partial charge in [-0.15, -0.1) is 0 Å². The maximum absolute atomic E-state index is 5.43. The first-order chi connectivity index (χ1) is 9.11. The van der Waals surface area contributed by atoms with Crippen molar-refractivity contribution in [1.82, 2.24) is 4.90 Å². The molecule has 1 fully saturated rings. The van der Waals surface area contributed by atoms with Gasteiger partial charge in [0.05, 0.1) is 7.11 Å². The van der Waals surface area contributed by atoms with Crippen molar-refractivity contribution in [3.05, 3.63) is 28.8 Å². The highest BCUT2D eigenvalue weighted by Gasteiger charge is 2.19. The van der Waals surface area contributed by atoms with E-state index in [0.717, 1.165) is 38.3 Å². The monoisotopic (exact) mass is 263 g/mol. The molecular formula is C16H25NO2. The van der Waals surface area contributed by atoms with Crippen LogP contribution in [0, 0.1) is 13.8 Å². The number of nitrogens with zero attached hydrogens (tertiary/aromatic N) is 1. The van der Waals surface area contributed by atoms with Crippen molar-refractivity contribution in [2.75, 3.05) is 27.4 Å². The second kappa shape index (κ2) is 6.40. The van der Waals surface area contributed by atoms with Gasteiger partial charge >= 0.3 is 0 Å². The molecular weight excluding hydrogens is 238 g/mol. The van der Waals surface area contributed by atoms with E-state index in [1.807, 2.05) is 0 Å². The van der Waals surface area contributed by atoms with Crippen LogP contribution in [0.4, 0.5) is 0 Å². The summed E-state index contributed by atoms with van der Waals surface area (Å²) in [5.41, 5.74) is 3.91. The summed E-state index contributed by atoms with van der Waals surface area (Å²) >= 11 is 0. The standard InChI is InChI=1S/C16H25NO2/c1-12-10-16(18-4)13(2)9-14(12)11-17(3)15-5-7-19-8-6-15/h9-10,15H,5-8,11H2,1-4H3. The molecule has 0 spiro atoms. The molecule has 3 heteroatoms. The molecule has 0 aliphatic carbocycles. The van der Waals surface area contributed by atoms with E-state index >= 15 is 0 Å². The lowest BCUT2D eigenvalue weighted by Gasteiger charge is -2.31. The summed E-state index contributed by atoms with van der Waals surface area (Å²) in [5, 5.41) is 0. The van der Waals surface area contributed by atoms with Crippen LogP contribution in [0.5, 0.6) is 5.75 Å². The number of methoxy groups -OCH3 is 1. The predicted molar refractivity (Wildman–Crippen MR) is 77.8 cm³/mol. The van der Waals surface area contributed by atoms with Crippen molar-refractivity contribution in [3.63, 3.8) is 0 Å². The summed E-state index contributed by atoms with van der Waals surface area (Å²) < 4.78 is 10.8. The van der Waals surface area contributed by atoms with Crippen LogP contribution in [-0.4, -0.2) is 38.3 Å². The van der Waals surface area contributed by atoms with Crippen LogP contribution < -0.4 is 4.74 Å². The van der Waals surface area contributed by atoms with Crippen molar-refractivity contribution in [1.29, 1.82) is 0 Å². The van der Waals surface area contributed by atoms with Crippen molar-refractivity contribution >= 4 is 0 Å². The highest BCUT2D eigenvalue weighted by molar-refractivity contribution is 5.41. The Bertz CT molecular complexity index is 425. The van der Waals surface area contributed by atoms with E-state index in [9.17, 15) is 0 Å². The van der Waals surface area contributed by atoms with Gasteiger partial charge in [-0.25, -0.2) is 0 Å². The minimum atomic E-state index is 0.649. The zero-order valence-electron chi connectivity index (χ0n) is 12.5. The van der Waals surface area contributed by atoms with Gasteiger partial charge in [-0.3, -0.25) is 4.90 Å². The highest BCUT2D eigenvalue weighted by Crippen LogP contribution is 2.24. The molecule has 19 heavy (non-hydrogen) atoms. The van der Waals surface area contributed by atoms with Crippen LogP contribution in [0.15, 0.2) is 12.1 Å². The van der Waals surface area contributed by atoms with Gasteiger partial charge in [0.15, 0.2) is 0 Å². The molecule has 0 atom stereocenters. The Hall–Kier alpha value is -1.06. The molecule has 0 saturated carbocycles. The van der Waals surface area contributed by atoms with Crippen LogP contribution in [0.2, 0.25) is 0 Å². The molecule has 1 aliphatic heterocycles. The first-order valence-corrected chi connectivity index (χ1v) is 7.04. The lowest BCUT2D eigenvalue weighted by Crippen LogP contribution is -2.36. The fourth-order valence-corrected chi connectivity index (χ4v) is 2.76. The number of ether oxygens (including phenoxy) is 2. The van der Waals surface area contributed by atoms with Gasteiger partial charge in [-0.2, -0.15) is 0 Å². The number of hydrogen-bond donors (Lipinski definition) is 0. The van der Waals surface area contributed by atoms with Gasteiger partial charge in [-0.1, -0.05) is 6.07 Å². The van der Waals surface area contributed by atoms with E-state index < -0.39 is 0 Å². The summed E-state index contributed by atoms with van der Waals surface area (Å²) in [6.45, 7) is 7.07. The minimum absolute atomic E-state index is 0.649. The second-order valence-electron chi connectivity index (χ2n) is 5.51. The molecule has 0 amide bonds. The molecule has 1 aliphatic rings. The van der Waals surface area contributed by atoms with Gasteiger partial charge in [0.1, 0.15) is 5.75 Å². The summed E-state index contributed by atoms with van der Waals surface area (Å²) in [7, 11) is 3.95. The summed E-state index contributed by atoms with van der Waals surface area (Å²) in [6, 6.07) is 5.04. The Balaban J connectivity index is 2.07. The second-order valence-corrected chi connectivity index (χ2v) is 5.51. The zero-order chi connectivity index (χ0) is 13.8. The molecule has 2 rings (SSSR count). The summed E-state index contributed by atoms with van der Waals surface area (Å²) in [4.78, 5) is 2.46. The quantitative estimate of drug-likeness (QED) is 0.833. The van der Waals surface area contributed by atoms with Gasteiger partial charge in [-0.05, 0) is 56.5 Å². The molecule has 3 nitrogen and oxygen atoms in total. The third kappa shape index (κ3) is 3.48. The van der Waals surface area contributed by atoms with Gasteiger partial charge in [0.25, 0.3) is 0 Å². The Labute approximate surface area is 116 Å². The first kappa shape index (κ1) is 14.4. The maximum Gasteiger partial charge on any atom is 0.122 e. The molecule has 1 aromatic carbocycles. The smallest absolute Gasteiger partial charge is 0.122 e. The van der Waals surface area contributed by atoms with E-state index in [4.69, 9.17) is 9.47 Å². The average Bonchev–Trinajstić information content (AvgIpc) is 2.43. The summed E-state index contributed by atoms with van der Waals surface area (Å²) in [5.74, 6) is 0.981. The van der Waals surface area contributed by atoms with Crippen molar-refractivity contribution < 1.29 is 9.47 Å². The van der Waals surface area contributed by atoms with Crippen LogP contribution in [0.25, 0.3) is 0 Å². The largest absolute Gasteiger partial charge is 0.496 e. The van der Waals surface area contributed by atoms with E-state index in [2.05, 4.69) is 37.9 Å². The first-order valence-electron chi connectivity index (χ1n) is 7.04. The molecule has 0 radical (unpaired) electrons. The number of rotatable bonds is 4. The Morgan fingerprint density at radius 1 is 1.21 bits per heavy atom. The predicted octanol–water partition coefficient (Wildman–Crippen LogP) is 2.92. The third-order valence-electron chi connectivity index (χ3n) is 4.09. The zero-order valence-corrected chi connectivity index (χ0v) is 12.5. The Morgan fingerprint density at radius 2 is 1.89 bits per heavy atom. The fourth-order valence-electron chi connectivity index (χ4n) is 2.76. The van der Waals surface area contributed by atoms with E-state index in [-0.39, 0.29) is 0 Å². The lowest BCUT2D eigenvalue weighted by atomic mass is 10.0. The SMILES string of the molecule is COc1cc(C)c(CN(C)C2CCOCC2)cc1C. The van der Waals surface area contributed by atoms with Crippen LogP contribution in [0.3, 0.4) is 0 Å². The molecule has 0 bridgehead atoms. The molecule has 1 saturated heterocycles. The van der Waals surface area contributed by atoms with Crippen LogP contribution >= 0.6 is 0 Å². The van der Waals surface area contributed by atoms with E-state index in [1.165, 1.54) is 16.7 Å². The summed E-state index contributed by atoms with van der Waals surface area (Å²) in [6.07, 6.45) is 2.29. The topological polar surface area (TPSA) is 21.7 Å².